The van der Waals surface area contributed by atoms with E-state index in [0.29, 0.717) is 18.3 Å². The van der Waals surface area contributed by atoms with Crippen molar-refractivity contribution >= 4 is 0 Å². The Morgan fingerprint density at radius 3 is 2.76 bits per heavy atom. The van der Waals surface area contributed by atoms with E-state index >= 15 is 0 Å². The van der Waals surface area contributed by atoms with E-state index in [2.05, 4.69) is 21.6 Å². The fraction of sp³-hybridized carbons (Fsp3) is 0.833. The molecule has 1 heterocycles. The fourth-order valence-corrected chi connectivity index (χ4v) is 2.95. The molecular weight excluding hydrogens is 218 g/mol. The number of aromatic amines is 1. The standard InChI is InChI=1S/C12H21N3O2/c1-8(6-9-4-2-3-5-9)10(7-13)11-14-12(16)17-15-11/h8-10H,2-7,13H2,1H3,(H,14,15,16). The molecule has 2 unspecified atom stereocenters. The maximum Gasteiger partial charge on any atom is 0.438 e. The normalized spacial score (nSPS) is 20.6. The van der Waals surface area contributed by atoms with Gasteiger partial charge in [-0.1, -0.05) is 37.8 Å². The smallest absolute Gasteiger partial charge is 0.330 e. The van der Waals surface area contributed by atoms with Gasteiger partial charge in [0.1, 0.15) is 0 Å². The molecule has 1 aromatic heterocycles. The summed E-state index contributed by atoms with van der Waals surface area (Å²) in [4.78, 5) is 13.6. The summed E-state index contributed by atoms with van der Waals surface area (Å²) in [5, 5.41) is 3.76. The predicted molar refractivity (Wildman–Crippen MR) is 64.7 cm³/mol. The van der Waals surface area contributed by atoms with Crippen molar-refractivity contribution in [3.8, 4) is 0 Å². The van der Waals surface area contributed by atoms with Crippen molar-refractivity contribution in [2.45, 2.75) is 44.9 Å². The first-order valence-corrected chi connectivity index (χ1v) is 6.46. The molecule has 17 heavy (non-hydrogen) atoms. The van der Waals surface area contributed by atoms with Crippen molar-refractivity contribution in [3.63, 3.8) is 0 Å². The molecule has 5 heteroatoms. The maximum absolute atomic E-state index is 11.0. The van der Waals surface area contributed by atoms with Crippen LogP contribution in [0.2, 0.25) is 0 Å². The van der Waals surface area contributed by atoms with E-state index in [9.17, 15) is 4.79 Å². The van der Waals surface area contributed by atoms with Crippen LogP contribution in [-0.4, -0.2) is 16.7 Å². The Labute approximate surface area is 101 Å². The van der Waals surface area contributed by atoms with Crippen LogP contribution < -0.4 is 11.5 Å². The first-order chi connectivity index (χ1) is 8.20. The molecule has 2 rings (SSSR count). The zero-order chi connectivity index (χ0) is 12.3. The second kappa shape index (κ2) is 5.49. The number of nitrogens with one attached hydrogen (secondary N) is 1. The minimum absolute atomic E-state index is 0.0991. The van der Waals surface area contributed by atoms with Crippen LogP contribution in [0, 0.1) is 11.8 Å². The maximum atomic E-state index is 11.0. The highest BCUT2D eigenvalue weighted by atomic mass is 16.5. The molecule has 96 valence electrons. The van der Waals surface area contributed by atoms with Crippen molar-refractivity contribution in [2.75, 3.05) is 6.54 Å². The van der Waals surface area contributed by atoms with Gasteiger partial charge in [-0.05, 0) is 18.3 Å². The first kappa shape index (κ1) is 12.4. The summed E-state index contributed by atoms with van der Waals surface area (Å²) in [5.74, 6) is 1.46. The monoisotopic (exact) mass is 239 g/mol. The number of nitrogens with zero attached hydrogens (tertiary/aromatic N) is 1. The van der Waals surface area contributed by atoms with Gasteiger partial charge in [0.05, 0.1) is 0 Å². The van der Waals surface area contributed by atoms with Crippen molar-refractivity contribution < 1.29 is 4.52 Å². The molecule has 0 spiro atoms. The van der Waals surface area contributed by atoms with Crippen LogP contribution in [0.3, 0.4) is 0 Å². The highest BCUT2D eigenvalue weighted by Gasteiger charge is 2.26. The van der Waals surface area contributed by atoms with Gasteiger partial charge in [0.25, 0.3) is 0 Å². The molecule has 0 aromatic carbocycles. The van der Waals surface area contributed by atoms with E-state index in [0.717, 1.165) is 12.3 Å². The lowest BCUT2D eigenvalue weighted by molar-refractivity contribution is 0.326. The molecule has 0 amide bonds. The zero-order valence-electron chi connectivity index (χ0n) is 10.3. The lowest BCUT2D eigenvalue weighted by atomic mass is 9.84. The number of nitrogens with two attached hydrogens (primary N) is 1. The molecule has 0 saturated heterocycles. The Kier molecular flexibility index (Phi) is 3.99. The van der Waals surface area contributed by atoms with E-state index < -0.39 is 5.76 Å². The van der Waals surface area contributed by atoms with Gasteiger partial charge in [-0.2, -0.15) is 0 Å². The Morgan fingerprint density at radius 2 is 2.24 bits per heavy atom. The molecule has 1 saturated carbocycles. The van der Waals surface area contributed by atoms with Crippen LogP contribution >= 0.6 is 0 Å². The van der Waals surface area contributed by atoms with Crippen LogP contribution in [0.25, 0.3) is 0 Å². The number of aromatic nitrogens is 2. The van der Waals surface area contributed by atoms with E-state index in [1.807, 2.05) is 0 Å². The molecule has 1 fully saturated rings. The van der Waals surface area contributed by atoms with Gasteiger partial charge in [-0.25, -0.2) is 4.79 Å². The van der Waals surface area contributed by atoms with Crippen LogP contribution in [0.15, 0.2) is 9.32 Å². The summed E-state index contributed by atoms with van der Waals surface area (Å²) in [6.45, 7) is 2.68. The van der Waals surface area contributed by atoms with Crippen LogP contribution in [0.4, 0.5) is 0 Å². The minimum atomic E-state index is -0.494. The summed E-state index contributed by atoms with van der Waals surface area (Å²) in [6, 6.07) is 0. The van der Waals surface area contributed by atoms with Gasteiger partial charge >= 0.3 is 5.76 Å². The van der Waals surface area contributed by atoms with Crippen molar-refractivity contribution in [3.05, 3.63) is 16.4 Å². The molecule has 5 nitrogen and oxygen atoms in total. The van der Waals surface area contributed by atoms with E-state index in [4.69, 9.17) is 5.73 Å². The second-order valence-electron chi connectivity index (χ2n) is 5.19. The average Bonchev–Trinajstić information content (AvgIpc) is 2.91. The van der Waals surface area contributed by atoms with Crippen molar-refractivity contribution in [2.24, 2.45) is 17.6 Å². The third-order valence-electron chi connectivity index (χ3n) is 3.93. The average molecular weight is 239 g/mol. The number of H-pyrrole nitrogens is 1. The minimum Gasteiger partial charge on any atom is -0.330 e. The summed E-state index contributed by atoms with van der Waals surface area (Å²) in [7, 11) is 0. The van der Waals surface area contributed by atoms with Crippen molar-refractivity contribution in [1.29, 1.82) is 0 Å². The van der Waals surface area contributed by atoms with Gasteiger partial charge in [0.15, 0.2) is 5.82 Å². The van der Waals surface area contributed by atoms with Crippen molar-refractivity contribution in [1.82, 2.24) is 10.1 Å². The topological polar surface area (TPSA) is 84.9 Å². The fourth-order valence-electron chi connectivity index (χ4n) is 2.95. The van der Waals surface area contributed by atoms with Gasteiger partial charge < -0.3 is 5.73 Å². The molecule has 3 N–H and O–H groups in total. The Morgan fingerprint density at radius 1 is 1.53 bits per heavy atom. The Hall–Kier alpha value is -1.10. The Balaban J connectivity index is 1.99. The van der Waals surface area contributed by atoms with Gasteiger partial charge in [0, 0.05) is 12.5 Å². The zero-order valence-corrected chi connectivity index (χ0v) is 10.3. The summed E-state index contributed by atoms with van der Waals surface area (Å²) >= 11 is 0. The number of hydrogen-bond acceptors (Lipinski definition) is 4. The third kappa shape index (κ3) is 2.97. The highest BCUT2D eigenvalue weighted by molar-refractivity contribution is 4.96. The lowest BCUT2D eigenvalue weighted by Gasteiger charge is -2.22. The summed E-state index contributed by atoms with van der Waals surface area (Å²) in [5.41, 5.74) is 5.79. The predicted octanol–water partition coefficient (Wildman–Crippen LogP) is 1.62. The van der Waals surface area contributed by atoms with E-state index in [1.54, 1.807) is 0 Å². The summed E-state index contributed by atoms with van der Waals surface area (Å²) in [6.07, 6.45) is 6.53. The SMILES string of the molecule is CC(CC1CCCC1)C(CN)c1noc(=O)[nH]1. The molecule has 1 aromatic rings. The van der Waals surface area contributed by atoms with Crippen LogP contribution in [-0.2, 0) is 0 Å². The second-order valence-corrected chi connectivity index (χ2v) is 5.19. The van der Waals surface area contributed by atoms with E-state index in [1.165, 1.54) is 25.7 Å². The molecule has 2 atom stereocenters. The van der Waals surface area contributed by atoms with Crippen LogP contribution in [0.1, 0.15) is 50.8 Å². The highest BCUT2D eigenvalue weighted by Crippen LogP contribution is 2.34. The van der Waals surface area contributed by atoms with E-state index in [-0.39, 0.29) is 5.92 Å². The lowest BCUT2D eigenvalue weighted by Crippen LogP contribution is -2.23. The number of hydrogen-bond donors (Lipinski definition) is 2. The largest absolute Gasteiger partial charge is 0.438 e. The van der Waals surface area contributed by atoms with Crippen LogP contribution in [0.5, 0.6) is 0 Å². The first-order valence-electron chi connectivity index (χ1n) is 6.46. The summed E-state index contributed by atoms with van der Waals surface area (Å²) < 4.78 is 4.55. The van der Waals surface area contributed by atoms with Gasteiger partial charge in [0.2, 0.25) is 0 Å². The molecule has 0 bridgehead atoms. The van der Waals surface area contributed by atoms with Gasteiger partial charge in [-0.3, -0.25) is 9.51 Å². The third-order valence-corrected chi connectivity index (χ3v) is 3.93. The van der Waals surface area contributed by atoms with Gasteiger partial charge in [-0.15, -0.1) is 0 Å². The molecule has 0 radical (unpaired) electrons. The molecule has 0 aliphatic heterocycles. The Bertz CT molecular complexity index is 392. The molecular formula is C12H21N3O2. The molecule has 1 aliphatic carbocycles. The quantitative estimate of drug-likeness (QED) is 0.817. The number of rotatable bonds is 5. The molecule has 1 aliphatic rings.